The molecule has 0 aromatic heterocycles. The molecule has 0 fully saturated rings. The number of amides is 1. The van der Waals surface area contributed by atoms with Crippen molar-refractivity contribution in [2.45, 2.75) is 13.3 Å². The van der Waals surface area contributed by atoms with Crippen LogP contribution in [0.4, 0.5) is 5.69 Å². The van der Waals surface area contributed by atoms with Crippen molar-refractivity contribution >= 4 is 23.2 Å². The van der Waals surface area contributed by atoms with Gasteiger partial charge in [0.1, 0.15) is 0 Å². The number of halogens is 1. The molecule has 17 heavy (non-hydrogen) atoms. The maximum atomic E-state index is 11.8. The Kier molecular flexibility index (Phi) is 5.25. The van der Waals surface area contributed by atoms with Crippen molar-refractivity contribution in [2.75, 3.05) is 18.9 Å². The van der Waals surface area contributed by atoms with Crippen LogP contribution in [0.2, 0.25) is 5.02 Å². The predicted molar refractivity (Wildman–Crippen MR) is 69.1 cm³/mol. The topological polar surface area (TPSA) is 75.3 Å². The molecule has 5 heteroatoms. The Bertz CT molecular complexity index is 396. The van der Waals surface area contributed by atoms with Gasteiger partial charge in [0.2, 0.25) is 0 Å². The van der Waals surface area contributed by atoms with Crippen LogP contribution in [-0.4, -0.2) is 24.2 Å². The molecule has 0 aliphatic heterocycles. The molecule has 0 heterocycles. The number of aliphatic hydroxyl groups is 1. The lowest BCUT2D eigenvalue weighted by Gasteiger charge is -2.12. The van der Waals surface area contributed by atoms with Gasteiger partial charge in [0, 0.05) is 13.2 Å². The van der Waals surface area contributed by atoms with Gasteiger partial charge in [-0.2, -0.15) is 0 Å². The first-order valence-corrected chi connectivity index (χ1v) is 5.87. The first-order chi connectivity index (χ1) is 8.06. The minimum Gasteiger partial charge on any atom is -0.398 e. The Morgan fingerprint density at radius 3 is 2.94 bits per heavy atom. The molecular formula is C12H17ClN2O2. The molecule has 0 saturated carbocycles. The van der Waals surface area contributed by atoms with E-state index in [1.54, 1.807) is 18.2 Å². The van der Waals surface area contributed by atoms with Crippen molar-refractivity contribution < 1.29 is 9.90 Å². The fourth-order valence-electron chi connectivity index (χ4n) is 1.41. The van der Waals surface area contributed by atoms with E-state index in [0.717, 1.165) is 0 Å². The third-order valence-corrected chi connectivity index (χ3v) is 2.93. The van der Waals surface area contributed by atoms with Gasteiger partial charge >= 0.3 is 0 Å². The molecule has 1 aromatic rings. The molecule has 0 saturated heterocycles. The van der Waals surface area contributed by atoms with Crippen molar-refractivity contribution in [2.24, 2.45) is 5.92 Å². The van der Waals surface area contributed by atoms with Crippen LogP contribution in [0, 0.1) is 5.92 Å². The molecule has 94 valence electrons. The van der Waals surface area contributed by atoms with Crippen LogP contribution in [-0.2, 0) is 0 Å². The largest absolute Gasteiger partial charge is 0.398 e. The molecule has 1 aromatic carbocycles. The molecule has 1 amide bonds. The number of nitrogen functional groups attached to an aromatic ring is 1. The number of rotatable bonds is 5. The SMILES string of the molecule is CC(CCO)CNC(=O)c1cccc(N)c1Cl. The number of carbonyl (C=O) groups is 1. The fourth-order valence-corrected chi connectivity index (χ4v) is 1.62. The zero-order chi connectivity index (χ0) is 12.8. The maximum absolute atomic E-state index is 11.8. The highest BCUT2D eigenvalue weighted by molar-refractivity contribution is 6.36. The van der Waals surface area contributed by atoms with E-state index in [1.165, 1.54) is 0 Å². The average Bonchev–Trinajstić information content (AvgIpc) is 2.30. The second-order valence-electron chi connectivity index (χ2n) is 4.04. The zero-order valence-electron chi connectivity index (χ0n) is 9.74. The highest BCUT2D eigenvalue weighted by atomic mass is 35.5. The molecule has 1 rings (SSSR count). The van der Waals surface area contributed by atoms with Crippen LogP contribution >= 0.6 is 11.6 Å². The van der Waals surface area contributed by atoms with E-state index in [9.17, 15) is 4.79 Å². The molecule has 1 unspecified atom stereocenters. The summed E-state index contributed by atoms with van der Waals surface area (Å²) in [6.45, 7) is 2.58. The standard InChI is InChI=1S/C12H17ClN2O2/c1-8(5-6-16)7-15-12(17)9-3-2-4-10(14)11(9)13/h2-4,8,16H,5-7,14H2,1H3,(H,15,17). The first kappa shape index (κ1) is 13.8. The van der Waals surface area contributed by atoms with Gasteiger partial charge in [-0.25, -0.2) is 0 Å². The van der Waals surface area contributed by atoms with Crippen molar-refractivity contribution in [3.63, 3.8) is 0 Å². The Morgan fingerprint density at radius 1 is 1.59 bits per heavy atom. The third-order valence-electron chi connectivity index (χ3n) is 2.51. The predicted octanol–water partition coefficient (Wildman–Crippen LogP) is 1.67. The van der Waals surface area contributed by atoms with Crippen molar-refractivity contribution in [3.05, 3.63) is 28.8 Å². The number of nitrogens with two attached hydrogens (primary N) is 1. The van der Waals surface area contributed by atoms with Crippen LogP contribution in [0.25, 0.3) is 0 Å². The normalized spacial score (nSPS) is 12.2. The Morgan fingerprint density at radius 2 is 2.29 bits per heavy atom. The molecular weight excluding hydrogens is 240 g/mol. The molecule has 4 N–H and O–H groups in total. The Labute approximate surface area is 106 Å². The summed E-state index contributed by atoms with van der Waals surface area (Å²) in [5.74, 6) is -0.0177. The maximum Gasteiger partial charge on any atom is 0.252 e. The van der Waals surface area contributed by atoms with Crippen molar-refractivity contribution in [3.8, 4) is 0 Å². The zero-order valence-corrected chi connectivity index (χ0v) is 10.5. The summed E-state index contributed by atoms with van der Waals surface area (Å²) < 4.78 is 0. The van der Waals surface area contributed by atoms with E-state index in [2.05, 4.69) is 5.32 Å². The second-order valence-corrected chi connectivity index (χ2v) is 4.41. The second kappa shape index (κ2) is 6.47. The highest BCUT2D eigenvalue weighted by Crippen LogP contribution is 2.22. The van der Waals surface area contributed by atoms with Gasteiger partial charge in [-0.05, 0) is 24.5 Å². The monoisotopic (exact) mass is 256 g/mol. The van der Waals surface area contributed by atoms with Gasteiger partial charge in [-0.1, -0.05) is 24.6 Å². The van der Waals surface area contributed by atoms with Crippen molar-refractivity contribution in [1.82, 2.24) is 5.32 Å². The fraction of sp³-hybridized carbons (Fsp3) is 0.417. The minimum atomic E-state index is -0.243. The first-order valence-electron chi connectivity index (χ1n) is 5.49. The number of hydrogen-bond donors (Lipinski definition) is 3. The summed E-state index contributed by atoms with van der Waals surface area (Å²) in [5, 5.41) is 11.8. The number of benzene rings is 1. The van der Waals surface area contributed by atoms with Crippen LogP contribution in [0.5, 0.6) is 0 Å². The van der Waals surface area contributed by atoms with Crippen LogP contribution in [0.1, 0.15) is 23.7 Å². The number of aliphatic hydroxyl groups excluding tert-OH is 1. The van der Waals surface area contributed by atoms with Gasteiger partial charge in [0.25, 0.3) is 5.91 Å². The highest BCUT2D eigenvalue weighted by Gasteiger charge is 2.12. The summed E-state index contributed by atoms with van der Waals surface area (Å²) in [4.78, 5) is 11.8. The lowest BCUT2D eigenvalue weighted by molar-refractivity contribution is 0.0945. The van der Waals surface area contributed by atoms with Crippen molar-refractivity contribution in [1.29, 1.82) is 0 Å². The van der Waals surface area contributed by atoms with Gasteiger partial charge in [-0.3, -0.25) is 4.79 Å². The van der Waals surface area contributed by atoms with Gasteiger partial charge in [-0.15, -0.1) is 0 Å². The van der Waals surface area contributed by atoms with E-state index in [4.69, 9.17) is 22.4 Å². The van der Waals surface area contributed by atoms with Gasteiger partial charge < -0.3 is 16.2 Å². The minimum absolute atomic E-state index is 0.121. The number of carbonyl (C=O) groups excluding carboxylic acids is 1. The van der Waals surface area contributed by atoms with E-state index >= 15 is 0 Å². The number of anilines is 1. The van der Waals surface area contributed by atoms with Gasteiger partial charge in [0.05, 0.1) is 16.3 Å². The van der Waals surface area contributed by atoms with E-state index < -0.39 is 0 Å². The van der Waals surface area contributed by atoms with Crippen LogP contribution < -0.4 is 11.1 Å². The summed E-state index contributed by atoms with van der Waals surface area (Å²) in [6.07, 6.45) is 0.658. The van der Waals surface area contributed by atoms with E-state index in [1.807, 2.05) is 6.92 Å². The summed E-state index contributed by atoms with van der Waals surface area (Å²) in [6, 6.07) is 4.96. The summed E-state index contributed by atoms with van der Waals surface area (Å²) in [7, 11) is 0. The lowest BCUT2D eigenvalue weighted by atomic mass is 10.1. The quantitative estimate of drug-likeness (QED) is 0.702. The average molecular weight is 257 g/mol. The van der Waals surface area contributed by atoms with E-state index in [-0.39, 0.29) is 23.5 Å². The third kappa shape index (κ3) is 3.91. The molecule has 0 aliphatic rings. The Hall–Kier alpha value is -1.26. The summed E-state index contributed by atoms with van der Waals surface area (Å²) in [5.41, 5.74) is 6.39. The molecule has 0 aliphatic carbocycles. The molecule has 0 bridgehead atoms. The van der Waals surface area contributed by atoms with Gasteiger partial charge in [0.15, 0.2) is 0 Å². The number of nitrogens with one attached hydrogen (secondary N) is 1. The van der Waals surface area contributed by atoms with Crippen LogP contribution in [0.15, 0.2) is 18.2 Å². The van der Waals surface area contributed by atoms with Crippen LogP contribution in [0.3, 0.4) is 0 Å². The Balaban J connectivity index is 2.61. The number of hydrogen-bond acceptors (Lipinski definition) is 3. The summed E-state index contributed by atoms with van der Waals surface area (Å²) >= 11 is 5.94. The van der Waals surface area contributed by atoms with E-state index in [0.29, 0.717) is 24.2 Å². The molecule has 1 atom stereocenters. The molecule has 0 spiro atoms. The molecule has 4 nitrogen and oxygen atoms in total. The smallest absolute Gasteiger partial charge is 0.252 e. The lowest BCUT2D eigenvalue weighted by Crippen LogP contribution is -2.29. The molecule has 0 radical (unpaired) electrons.